The minimum absolute atomic E-state index is 0. The monoisotopic (exact) mass is 505 g/mol. The molecule has 0 heterocycles. The first kappa shape index (κ1) is 26.1. The van der Waals surface area contributed by atoms with E-state index in [1.807, 2.05) is 0 Å². The number of carbonyl (C=O) groups excluding carboxylic acids is 1. The number of carbonyl (C=O) groups is 1. The summed E-state index contributed by atoms with van der Waals surface area (Å²) in [5.41, 5.74) is 0.916. The lowest BCUT2D eigenvalue weighted by molar-refractivity contribution is -0.384. The van der Waals surface area contributed by atoms with Crippen LogP contribution in [0.15, 0.2) is 29.3 Å². The van der Waals surface area contributed by atoms with Crippen molar-refractivity contribution in [2.75, 3.05) is 20.6 Å². The van der Waals surface area contributed by atoms with Gasteiger partial charge in [0.2, 0.25) is 5.91 Å². The first-order chi connectivity index (χ1) is 12.8. The number of hydrogen-bond donors (Lipinski definition) is 2. The number of guanidine groups is 1. The van der Waals surface area contributed by atoms with Crippen LogP contribution in [0, 0.1) is 10.1 Å². The van der Waals surface area contributed by atoms with Gasteiger partial charge in [-0.15, -0.1) is 24.0 Å². The first-order valence-corrected chi connectivity index (χ1v) is 9.31. The Bertz CT molecular complexity index is 635. The number of halogens is 1. The fourth-order valence-corrected chi connectivity index (χ4v) is 2.37. The van der Waals surface area contributed by atoms with Crippen LogP contribution in [0.4, 0.5) is 5.69 Å². The summed E-state index contributed by atoms with van der Waals surface area (Å²) in [5.74, 6) is 0.519. The van der Waals surface area contributed by atoms with Gasteiger partial charge in [-0.25, -0.2) is 4.99 Å². The van der Waals surface area contributed by atoms with Crippen molar-refractivity contribution in [2.45, 2.75) is 52.1 Å². The van der Waals surface area contributed by atoms with E-state index in [1.165, 1.54) is 29.9 Å². The Morgan fingerprint density at radius 1 is 1.25 bits per heavy atom. The molecule has 1 atom stereocenters. The van der Waals surface area contributed by atoms with E-state index >= 15 is 0 Å². The van der Waals surface area contributed by atoms with E-state index in [4.69, 9.17) is 0 Å². The summed E-state index contributed by atoms with van der Waals surface area (Å²) in [6.07, 6.45) is 4.52. The summed E-state index contributed by atoms with van der Waals surface area (Å²) in [6.45, 7) is 4.78. The Morgan fingerprint density at radius 3 is 2.43 bits per heavy atom. The number of aliphatic imine (C=N–C) groups is 1. The zero-order chi connectivity index (χ0) is 20.2. The summed E-state index contributed by atoms with van der Waals surface area (Å²) >= 11 is 0. The smallest absolute Gasteiger partial charge is 0.269 e. The summed E-state index contributed by atoms with van der Waals surface area (Å²) in [7, 11) is 3.41. The number of nitro benzene ring substituents is 1. The van der Waals surface area contributed by atoms with Crippen molar-refractivity contribution in [3.8, 4) is 0 Å². The van der Waals surface area contributed by atoms with Crippen LogP contribution >= 0.6 is 24.0 Å². The number of hydrogen-bond acceptors (Lipinski definition) is 4. The third-order valence-electron chi connectivity index (χ3n) is 4.10. The first-order valence-electron chi connectivity index (χ1n) is 9.31. The molecule has 0 spiro atoms. The normalized spacial score (nSPS) is 11.9. The average Bonchev–Trinajstić information content (AvgIpc) is 2.64. The van der Waals surface area contributed by atoms with Crippen LogP contribution in [-0.4, -0.2) is 48.4 Å². The van der Waals surface area contributed by atoms with Gasteiger partial charge in [-0.1, -0.05) is 38.3 Å². The highest BCUT2D eigenvalue weighted by Gasteiger charge is 2.09. The van der Waals surface area contributed by atoms with E-state index in [0.29, 0.717) is 12.5 Å². The van der Waals surface area contributed by atoms with E-state index in [-0.39, 0.29) is 48.2 Å². The molecule has 1 rings (SSSR count). The van der Waals surface area contributed by atoms with Crippen molar-refractivity contribution >= 4 is 41.5 Å². The van der Waals surface area contributed by atoms with Gasteiger partial charge in [0.25, 0.3) is 5.69 Å². The largest absolute Gasteiger partial charge is 0.354 e. The molecule has 0 aliphatic heterocycles. The summed E-state index contributed by atoms with van der Waals surface area (Å²) in [5, 5.41) is 17.1. The second-order valence-electron chi connectivity index (χ2n) is 6.77. The molecule has 28 heavy (non-hydrogen) atoms. The predicted octanol–water partition coefficient (Wildman–Crippen LogP) is 3.31. The lowest BCUT2D eigenvalue weighted by atomic mass is 10.1. The average molecular weight is 505 g/mol. The highest BCUT2D eigenvalue weighted by Crippen LogP contribution is 2.12. The maximum atomic E-state index is 11.8. The topological polar surface area (TPSA) is 99.9 Å². The van der Waals surface area contributed by atoms with Crippen LogP contribution in [0.1, 0.15) is 45.1 Å². The molecular formula is C19H32IN5O3. The minimum atomic E-state index is -0.424. The van der Waals surface area contributed by atoms with E-state index in [2.05, 4.69) is 29.5 Å². The van der Waals surface area contributed by atoms with Gasteiger partial charge in [-0.05, 0) is 18.9 Å². The molecule has 0 aliphatic carbocycles. The zero-order valence-corrected chi connectivity index (χ0v) is 19.4. The molecule has 0 aromatic heterocycles. The number of amides is 1. The molecule has 1 amide bonds. The molecule has 1 aromatic rings. The predicted molar refractivity (Wildman–Crippen MR) is 123 cm³/mol. The number of nitrogens with one attached hydrogen (secondary N) is 2. The molecule has 0 radical (unpaired) electrons. The Hall–Kier alpha value is -1.91. The standard InChI is InChI=1S/C19H31N5O3.HI/c1-5-6-7-8-15(2)22-19(21-14-18(25)23(3)4)20-13-16-9-11-17(12-10-16)24(26)27;/h9-12,15H,5-8,13-14H2,1-4H3,(H2,20,21,22);1H. The minimum Gasteiger partial charge on any atom is -0.354 e. The van der Waals surface area contributed by atoms with E-state index in [1.54, 1.807) is 26.2 Å². The molecule has 0 fully saturated rings. The number of likely N-dealkylation sites (N-methyl/N-ethyl adjacent to an activating group) is 1. The van der Waals surface area contributed by atoms with Crippen LogP contribution in [0.5, 0.6) is 0 Å². The summed E-state index contributed by atoms with van der Waals surface area (Å²) < 4.78 is 0. The molecule has 158 valence electrons. The second-order valence-corrected chi connectivity index (χ2v) is 6.77. The number of non-ortho nitro benzene ring substituents is 1. The fraction of sp³-hybridized carbons (Fsp3) is 0.579. The van der Waals surface area contributed by atoms with Crippen molar-refractivity contribution in [2.24, 2.45) is 4.99 Å². The van der Waals surface area contributed by atoms with Gasteiger partial charge in [-0.2, -0.15) is 0 Å². The maximum Gasteiger partial charge on any atom is 0.269 e. The number of unbranched alkanes of at least 4 members (excludes halogenated alkanes) is 2. The SMILES string of the molecule is CCCCCC(C)NC(=NCc1ccc([N+](=O)[O-])cc1)NCC(=O)N(C)C.I. The third kappa shape index (κ3) is 10.4. The van der Waals surface area contributed by atoms with Crippen LogP contribution in [-0.2, 0) is 11.3 Å². The quantitative estimate of drug-likeness (QED) is 0.127. The molecule has 1 unspecified atom stereocenters. The lowest BCUT2D eigenvalue weighted by Crippen LogP contribution is -2.46. The molecule has 2 N–H and O–H groups in total. The molecule has 0 saturated carbocycles. The number of benzene rings is 1. The van der Waals surface area contributed by atoms with Gasteiger partial charge < -0.3 is 15.5 Å². The number of nitrogens with zero attached hydrogens (tertiary/aromatic N) is 3. The van der Waals surface area contributed by atoms with Crippen LogP contribution in [0.25, 0.3) is 0 Å². The van der Waals surface area contributed by atoms with Crippen molar-refractivity contribution in [3.05, 3.63) is 39.9 Å². The molecule has 0 saturated heterocycles. The van der Waals surface area contributed by atoms with Gasteiger partial charge in [0, 0.05) is 32.3 Å². The highest BCUT2D eigenvalue weighted by molar-refractivity contribution is 14.0. The molecule has 1 aromatic carbocycles. The zero-order valence-electron chi connectivity index (χ0n) is 17.1. The molecule has 8 nitrogen and oxygen atoms in total. The van der Waals surface area contributed by atoms with Crippen LogP contribution < -0.4 is 10.6 Å². The number of nitro groups is 1. The third-order valence-corrected chi connectivity index (χ3v) is 4.10. The van der Waals surface area contributed by atoms with E-state index < -0.39 is 4.92 Å². The summed E-state index contributed by atoms with van der Waals surface area (Å²) in [6, 6.07) is 6.54. The molecular weight excluding hydrogens is 473 g/mol. The highest BCUT2D eigenvalue weighted by atomic mass is 127. The Balaban J connectivity index is 0.00000729. The summed E-state index contributed by atoms with van der Waals surface area (Å²) in [4.78, 5) is 28.2. The van der Waals surface area contributed by atoms with Crippen molar-refractivity contribution in [1.29, 1.82) is 0 Å². The van der Waals surface area contributed by atoms with Crippen molar-refractivity contribution < 1.29 is 9.72 Å². The Kier molecular flexibility index (Phi) is 13.2. The number of rotatable bonds is 10. The molecule has 0 aliphatic rings. The lowest BCUT2D eigenvalue weighted by Gasteiger charge is -2.19. The second kappa shape index (κ2) is 14.1. The maximum absolute atomic E-state index is 11.8. The van der Waals surface area contributed by atoms with E-state index in [0.717, 1.165) is 18.4 Å². The fourth-order valence-electron chi connectivity index (χ4n) is 2.37. The van der Waals surface area contributed by atoms with Gasteiger partial charge >= 0.3 is 0 Å². The van der Waals surface area contributed by atoms with Gasteiger partial charge in [-0.3, -0.25) is 14.9 Å². The van der Waals surface area contributed by atoms with Gasteiger partial charge in [0.1, 0.15) is 0 Å². The van der Waals surface area contributed by atoms with Gasteiger partial charge in [0.05, 0.1) is 18.0 Å². The Morgan fingerprint density at radius 2 is 1.89 bits per heavy atom. The van der Waals surface area contributed by atoms with Crippen molar-refractivity contribution in [3.63, 3.8) is 0 Å². The Labute approximate surface area is 184 Å². The van der Waals surface area contributed by atoms with Crippen LogP contribution in [0.3, 0.4) is 0 Å². The van der Waals surface area contributed by atoms with Crippen LogP contribution in [0.2, 0.25) is 0 Å². The molecule has 9 heteroatoms. The van der Waals surface area contributed by atoms with E-state index in [9.17, 15) is 14.9 Å². The molecule has 0 bridgehead atoms. The van der Waals surface area contributed by atoms with Gasteiger partial charge in [0.15, 0.2) is 5.96 Å². The van der Waals surface area contributed by atoms with Crippen molar-refractivity contribution in [1.82, 2.24) is 15.5 Å².